The summed E-state index contributed by atoms with van der Waals surface area (Å²) in [6, 6.07) is 4.77. The van der Waals surface area contributed by atoms with E-state index in [0.717, 1.165) is 12.8 Å². The summed E-state index contributed by atoms with van der Waals surface area (Å²) in [6.45, 7) is 4.49. The minimum Gasteiger partial charge on any atom is -0.376 e. The quantitative estimate of drug-likeness (QED) is 0.450. The molecule has 1 rings (SSSR count). The van der Waals surface area contributed by atoms with Crippen molar-refractivity contribution in [2.24, 2.45) is 0 Å². The largest absolute Gasteiger partial charge is 0.376 e. The van der Waals surface area contributed by atoms with E-state index in [0.29, 0.717) is 17.8 Å². The highest BCUT2D eigenvalue weighted by Gasteiger charge is 2.13. The first-order valence-electron chi connectivity index (χ1n) is 6.30. The van der Waals surface area contributed by atoms with Crippen LogP contribution in [0.2, 0.25) is 0 Å². The Balaban J connectivity index is 2.56. The summed E-state index contributed by atoms with van der Waals surface area (Å²) in [5.74, 6) is -0.112. The van der Waals surface area contributed by atoms with E-state index in [4.69, 9.17) is 0 Å². The van der Waals surface area contributed by atoms with Crippen LogP contribution in [0.3, 0.4) is 0 Å². The zero-order chi connectivity index (χ0) is 14.3. The van der Waals surface area contributed by atoms with E-state index in [9.17, 15) is 14.9 Å². The monoisotopic (exact) mass is 265 g/mol. The highest BCUT2D eigenvalue weighted by atomic mass is 16.6. The molecule has 0 aromatic heterocycles. The zero-order valence-electron chi connectivity index (χ0n) is 11.2. The van der Waals surface area contributed by atoms with Gasteiger partial charge in [0, 0.05) is 23.9 Å². The highest BCUT2D eigenvalue weighted by Crippen LogP contribution is 2.24. The SMILES string of the molecule is CCCCNC(=O)CNc1cccc([N+](=O)[O-])c1C. The van der Waals surface area contributed by atoms with E-state index >= 15 is 0 Å². The second kappa shape index (κ2) is 7.35. The molecule has 6 heteroatoms. The number of carbonyl (C=O) groups excluding carboxylic acids is 1. The Bertz CT molecular complexity index is 460. The van der Waals surface area contributed by atoms with Crippen LogP contribution in [0, 0.1) is 17.0 Å². The Kier molecular flexibility index (Phi) is 5.78. The maximum atomic E-state index is 11.5. The van der Waals surface area contributed by atoms with Crippen molar-refractivity contribution >= 4 is 17.3 Å². The van der Waals surface area contributed by atoms with Gasteiger partial charge >= 0.3 is 0 Å². The number of anilines is 1. The lowest BCUT2D eigenvalue weighted by atomic mass is 10.1. The van der Waals surface area contributed by atoms with Gasteiger partial charge in [-0.15, -0.1) is 0 Å². The summed E-state index contributed by atoms with van der Waals surface area (Å²) in [5.41, 5.74) is 1.20. The summed E-state index contributed by atoms with van der Waals surface area (Å²) in [4.78, 5) is 21.9. The van der Waals surface area contributed by atoms with E-state index in [2.05, 4.69) is 17.6 Å². The second-order valence-electron chi connectivity index (χ2n) is 4.26. The first-order chi connectivity index (χ1) is 9.06. The van der Waals surface area contributed by atoms with Gasteiger partial charge in [0.15, 0.2) is 0 Å². The number of hydrogen-bond donors (Lipinski definition) is 2. The standard InChI is InChI=1S/C13H19N3O3/c1-3-4-8-14-13(17)9-15-11-6-5-7-12(10(11)2)16(18)19/h5-7,15H,3-4,8-9H2,1-2H3,(H,14,17). The number of nitrogens with one attached hydrogen (secondary N) is 2. The lowest BCUT2D eigenvalue weighted by molar-refractivity contribution is -0.385. The molecule has 1 aromatic rings. The molecule has 0 saturated heterocycles. The van der Waals surface area contributed by atoms with Crippen molar-refractivity contribution in [2.75, 3.05) is 18.4 Å². The minimum atomic E-state index is -0.429. The Labute approximate surface area is 112 Å². The molecule has 6 nitrogen and oxygen atoms in total. The Morgan fingerprint density at radius 1 is 1.42 bits per heavy atom. The average Bonchev–Trinajstić information content (AvgIpc) is 2.37. The normalized spacial score (nSPS) is 10.0. The van der Waals surface area contributed by atoms with Crippen molar-refractivity contribution in [3.63, 3.8) is 0 Å². The molecule has 2 N–H and O–H groups in total. The first kappa shape index (κ1) is 14.9. The predicted molar refractivity (Wildman–Crippen MR) is 74.2 cm³/mol. The van der Waals surface area contributed by atoms with Gasteiger partial charge in [0.2, 0.25) is 5.91 Å². The molecule has 0 bridgehead atoms. The molecule has 104 valence electrons. The van der Waals surface area contributed by atoms with Crippen LogP contribution >= 0.6 is 0 Å². The number of nitro groups is 1. The highest BCUT2D eigenvalue weighted by molar-refractivity contribution is 5.81. The molecule has 1 amide bonds. The van der Waals surface area contributed by atoms with Crippen molar-refractivity contribution in [3.05, 3.63) is 33.9 Å². The van der Waals surface area contributed by atoms with Crippen LogP contribution in [-0.2, 0) is 4.79 Å². The lowest BCUT2D eigenvalue weighted by Gasteiger charge is -2.09. The van der Waals surface area contributed by atoms with Gasteiger partial charge in [-0.3, -0.25) is 14.9 Å². The number of carbonyl (C=O) groups is 1. The fourth-order valence-electron chi connectivity index (χ4n) is 1.66. The molecule has 0 unspecified atom stereocenters. The van der Waals surface area contributed by atoms with E-state index < -0.39 is 4.92 Å². The number of nitrogens with zero attached hydrogens (tertiary/aromatic N) is 1. The third-order valence-electron chi connectivity index (χ3n) is 2.79. The van der Waals surface area contributed by atoms with Gasteiger partial charge in [0.25, 0.3) is 5.69 Å². The Morgan fingerprint density at radius 3 is 2.79 bits per heavy atom. The molecule has 0 heterocycles. The summed E-state index contributed by atoms with van der Waals surface area (Å²) in [6.07, 6.45) is 1.97. The number of amides is 1. The summed E-state index contributed by atoms with van der Waals surface area (Å²) < 4.78 is 0. The van der Waals surface area contributed by atoms with Crippen LogP contribution in [-0.4, -0.2) is 23.9 Å². The van der Waals surface area contributed by atoms with E-state index in [-0.39, 0.29) is 18.1 Å². The van der Waals surface area contributed by atoms with E-state index in [1.807, 2.05) is 0 Å². The van der Waals surface area contributed by atoms with Gasteiger partial charge in [0.05, 0.1) is 11.5 Å². The smallest absolute Gasteiger partial charge is 0.274 e. The van der Waals surface area contributed by atoms with Gasteiger partial charge in [-0.25, -0.2) is 0 Å². The van der Waals surface area contributed by atoms with Crippen molar-refractivity contribution in [3.8, 4) is 0 Å². The summed E-state index contributed by atoms with van der Waals surface area (Å²) in [7, 11) is 0. The average molecular weight is 265 g/mol. The molecule has 0 fully saturated rings. The Hall–Kier alpha value is -2.11. The summed E-state index contributed by atoms with van der Waals surface area (Å²) >= 11 is 0. The van der Waals surface area contributed by atoms with Crippen LogP contribution in [0.25, 0.3) is 0 Å². The van der Waals surface area contributed by atoms with Gasteiger partial charge in [-0.2, -0.15) is 0 Å². The number of rotatable bonds is 7. The maximum absolute atomic E-state index is 11.5. The maximum Gasteiger partial charge on any atom is 0.274 e. The predicted octanol–water partition coefficient (Wildman–Crippen LogP) is 2.23. The van der Waals surface area contributed by atoms with Crippen LogP contribution in [0.4, 0.5) is 11.4 Å². The lowest BCUT2D eigenvalue weighted by Crippen LogP contribution is -2.30. The van der Waals surface area contributed by atoms with Crippen molar-refractivity contribution in [1.29, 1.82) is 0 Å². The van der Waals surface area contributed by atoms with Gasteiger partial charge in [0.1, 0.15) is 0 Å². The number of nitro benzene ring substituents is 1. The first-order valence-corrected chi connectivity index (χ1v) is 6.30. The molecular weight excluding hydrogens is 246 g/mol. The fraction of sp³-hybridized carbons (Fsp3) is 0.462. The Morgan fingerprint density at radius 2 is 2.16 bits per heavy atom. The van der Waals surface area contributed by atoms with Crippen molar-refractivity contribution in [2.45, 2.75) is 26.7 Å². The number of unbranched alkanes of at least 4 members (excludes halogenated alkanes) is 1. The summed E-state index contributed by atoms with van der Waals surface area (Å²) in [5, 5.41) is 16.5. The van der Waals surface area contributed by atoms with Gasteiger partial charge in [-0.1, -0.05) is 19.4 Å². The van der Waals surface area contributed by atoms with E-state index in [1.54, 1.807) is 19.1 Å². The molecule has 1 aromatic carbocycles. The fourth-order valence-corrected chi connectivity index (χ4v) is 1.66. The molecule has 0 aliphatic heterocycles. The third kappa shape index (κ3) is 4.57. The second-order valence-corrected chi connectivity index (χ2v) is 4.26. The van der Waals surface area contributed by atoms with Crippen LogP contribution in [0.1, 0.15) is 25.3 Å². The van der Waals surface area contributed by atoms with Crippen LogP contribution in [0.5, 0.6) is 0 Å². The molecule has 0 radical (unpaired) electrons. The molecule has 0 aliphatic carbocycles. The molecule has 0 atom stereocenters. The number of hydrogen-bond acceptors (Lipinski definition) is 4. The minimum absolute atomic E-state index is 0.0522. The zero-order valence-corrected chi connectivity index (χ0v) is 11.2. The topological polar surface area (TPSA) is 84.3 Å². The van der Waals surface area contributed by atoms with Gasteiger partial charge in [-0.05, 0) is 19.4 Å². The molecule has 0 saturated carbocycles. The van der Waals surface area contributed by atoms with Crippen molar-refractivity contribution in [1.82, 2.24) is 5.32 Å². The van der Waals surface area contributed by atoms with Crippen molar-refractivity contribution < 1.29 is 9.72 Å². The molecule has 0 aliphatic rings. The van der Waals surface area contributed by atoms with Gasteiger partial charge < -0.3 is 10.6 Å². The van der Waals surface area contributed by atoms with E-state index in [1.165, 1.54) is 6.07 Å². The number of benzene rings is 1. The third-order valence-corrected chi connectivity index (χ3v) is 2.79. The van der Waals surface area contributed by atoms with Crippen LogP contribution in [0.15, 0.2) is 18.2 Å². The molecule has 19 heavy (non-hydrogen) atoms. The molecule has 0 spiro atoms. The van der Waals surface area contributed by atoms with Crippen LogP contribution < -0.4 is 10.6 Å². The molecular formula is C13H19N3O3.